The Kier molecular flexibility index (Phi) is 5.07. The van der Waals surface area contributed by atoms with E-state index in [0.717, 1.165) is 17.0 Å². The number of carboxylic acid groups (broad SMARTS) is 1. The molecule has 0 aromatic carbocycles. The molecule has 0 saturated carbocycles. The molecule has 10 heteroatoms. The summed E-state index contributed by atoms with van der Waals surface area (Å²) >= 11 is 2.42. The third-order valence-electron chi connectivity index (χ3n) is 3.36. The number of aromatic nitrogens is 2. The van der Waals surface area contributed by atoms with E-state index in [1.165, 1.54) is 11.3 Å². The molecular weight excluding hydrogens is 352 g/mol. The smallest absolute Gasteiger partial charge is 0.347 e. The van der Waals surface area contributed by atoms with Crippen LogP contribution in [-0.4, -0.2) is 53.3 Å². The normalized spacial score (nSPS) is 14.6. The van der Waals surface area contributed by atoms with Crippen molar-refractivity contribution in [1.29, 1.82) is 0 Å². The quantitative estimate of drug-likeness (QED) is 0.826. The lowest BCUT2D eigenvalue weighted by atomic mass is 10.2. The van der Waals surface area contributed by atoms with Gasteiger partial charge in [0.2, 0.25) is 5.91 Å². The highest BCUT2D eigenvalue weighted by atomic mass is 32.1. The van der Waals surface area contributed by atoms with Crippen LogP contribution in [0.4, 0.5) is 10.3 Å². The molecule has 1 aliphatic rings. The summed E-state index contributed by atoms with van der Waals surface area (Å²) in [6, 6.07) is 0. The molecular formula is C14H16N4O4S2. The topological polar surface area (TPSA) is 105 Å². The molecule has 128 valence electrons. The Morgan fingerprint density at radius 1 is 1.38 bits per heavy atom. The highest BCUT2D eigenvalue weighted by molar-refractivity contribution is 7.17. The summed E-state index contributed by atoms with van der Waals surface area (Å²) < 4.78 is 5.29. The van der Waals surface area contributed by atoms with Crippen LogP contribution in [0.2, 0.25) is 0 Å². The van der Waals surface area contributed by atoms with Crippen molar-refractivity contribution < 1.29 is 19.4 Å². The fraction of sp³-hybridized carbons (Fsp3) is 0.429. The van der Waals surface area contributed by atoms with E-state index >= 15 is 0 Å². The molecule has 0 radical (unpaired) electrons. The molecule has 3 rings (SSSR count). The average Bonchev–Trinajstić information content (AvgIpc) is 3.14. The van der Waals surface area contributed by atoms with Crippen molar-refractivity contribution in [2.45, 2.75) is 13.3 Å². The summed E-state index contributed by atoms with van der Waals surface area (Å²) in [5, 5.41) is 15.0. The number of thiazole rings is 2. The lowest BCUT2D eigenvalue weighted by Gasteiger charge is -2.25. The third-order valence-corrected chi connectivity index (χ3v) is 5.38. The Morgan fingerprint density at radius 2 is 2.12 bits per heavy atom. The Labute approximate surface area is 146 Å². The van der Waals surface area contributed by atoms with Crippen molar-refractivity contribution in [2.75, 3.05) is 36.5 Å². The largest absolute Gasteiger partial charge is 0.477 e. The Hall–Kier alpha value is -2.04. The van der Waals surface area contributed by atoms with Gasteiger partial charge in [0.25, 0.3) is 0 Å². The maximum atomic E-state index is 12.1. The first-order valence-corrected chi connectivity index (χ1v) is 9.00. The van der Waals surface area contributed by atoms with Crippen LogP contribution < -0.4 is 10.2 Å². The van der Waals surface area contributed by atoms with Gasteiger partial charge in [0, 0.05) is 18.5 Å². The molecule has 1 amide bonds. The number of rotatable bonds is 5. The summed E-state index contributed by atoms with van der Waals surface area (Å²) in [4.78, 5) is 34.2. The van der Waals surface area contributed by atoms with E-state index in [9.17, 15) is 14.7 Å². The van der Waals surface area contributed by atoms with E-state index in [-0.39, 0.29) is 22.9 Å². The number of aromatic carboxylic acids is 1. The molecule has 8 nitrogen and oxygen atoms in total. The molecule has 0 spiro atoms. The van der Waals surface area contributed by atoms with E-state index in [0.29, 0.717) is 36.6 Å². The molecule has 0 aliphatic carbocycles. The number of carboxylic acids is 1. The lowest BCUT2D eigenvalue weighted by Crippen LogP contribution is -2.36. The molecule has 24 heavy (non-hydrogen) atoms. The number of carbonyl (C=O) groups is 2. The van der Waals surface area contributed by atoms with Gasteiger partial charge in [-0.2, -0.15) is 0 Å². The van der Waals surface area contributed by atoms with Gasteiger partial charge in [-0.15, -0.1) is 11.3 Å². The minimum absolute atomic E-state index is 0.0961. The lowest BCUT2D eigenvalue weighted by molar-refractivity contribution is -0.115. The molecule has 1 saturated heterocycles. The van der Waals surface area contributed by atoms with Gasteiger partial charge in [-0.05, 0) is 6.92 Å². The van der Waals surface area contributed by atoms with Gasteiger partial charge in [-0.25, -0.2) is 14.8 Å². The van der Waals surface area contributed by atoms with Gasteiger partial charge in [-0.3, -0.25) is 4.79 Å². The summed E-state index contributed by atoms with van der Waals surface area (Å²) in [7, 11) is 0. The van der Waals surface area contributed by atoms with Crippen LogP contribution in [0.5, 0.6) is 0 Å². The average molecular weight is 368 g/mol. The maximum Gasteiger partial charge on any atom is 0.347 e. The van der Waals surface area contributed by atoms with Crippen LogP contribution in [0, 0.1) is 6.92 Å². The van der Waals surface area contributed by atoms with E-state index in [1.54, 1.807) is 0 Å². The van der Waals surface area contributed by atoms with Crippen molar-refractivity contribution in [3.05, 3.63) is 21.6 Å². The highest BCUT2D eigenvalue weighted by Gasteiger charge is 2.23. The number of nitrogens with one attached hydrogen (secondary N) is 1. The molecule has 2 N–H and O–H groups in total. The SMILES string of the molecule is Cc1csc(NC(=O)Cc2nc(N3CCOCC3)sc2C(=O)O)n1. The fourth-order valence-electron chi connectivity index (χ4n) is 2.24. The number of anilines is 2. The number of ether oxygens (including phenoxy) is 1. The Balaban J connectivity index is 1.74. The second kappa shape index (κ2) is 7.24. The third kappa shape index (κ3) is 3.89. The van der Waals surface area contributed by atoms with Gasteiger partial charge < -0.3 is 20.1 Å². The highest BCUT2D eigenvalue weighted by Crippen LogP contribution is 2.28. The molecule has 2 aromatic rings. The van der Waals surface area contributed by atoms with Crippen LogP contribution in [0.3, 0.4) is 0 Å². The van der Waals surface area contributed by atoms with Crippen molar-refractivity contribution in [3.63, 3.8) is 0 Å². The summed E-state index contributed by atoms with van der Waals surface area (Å²) in [6.45, 7) is 4.33. The maximum absolute atomic E-state index is 12.1. The van der Waals surface area contributed by atoms with Crippen LogP contribution in [-0.2, 0) is 16.0 Å². The second-order valence-corrected chi connectivity index (χ2v) is 7.03. The van der Waals surface area contributed by atoms with Crippen molar-refractivity contribution in [3.8, 4) is 0 Å². The number of hydrogen-bond donors (Lipinski definition) is 2. The predicted octanol–water partition coefficient (Wildman–Crippen LogP) is 1.62. The Morgan fingerprint density at radius 3 is 2.75 bits per heavy atom. The minimum Gasteiger partial charge on any atom is -0.477 e. The first-order valence-electron chi connectivity index (χ1n) is 7.30. The van der Waals surface area contributed by atoms with Crippen LogP contribution in [0.1, 0.15) is 21.1 Å². The van der Waals surface area contributed by atoms with E-state index in [4.69, 9.17) is 4.74 Å². The summed E-state index contributed by atoms with van der Waals surface area (Å²) in [5.41, 5.74) is 1.10. The van der Waals surface area contributed by atoms with Gasteiger partial charge in [0.1, 0.15) is 4.88 Å². The minimum atomic E-state index is -1.07. The number of amides is 1. The Bertz CT molecular complexity index is 752. The van der Waals surface area contributed by atoms with Gasteiger partial charge in [-0.1, -0.05) is 11.3 Å². The number of aryl methyl sites for hydroxylation is 1. The molecule has 3 heterocycles. The molecule has 0 atom stereocenters. The van der Waals surface area contributed by atoms with Gasteiger partial charge in [0.05, 0.1) is 31.0 Å². The molecule has 0 bridgehead atoms. The van der Waals surface area contributed by atoms with Crippen LogP contribution in [0.25, 0.3) is 0 Å². The molecule has 0 unspecified atom stereocenters. The zero-order valence-corrected chi connectivity index (χ0v) is 14.6. The fourth-order valence-corrected chi connectivity index (χ4v) is 3.92. The van der Waals surface area contributed by atoms with Crippen LogP contribution >= 0.6 is 22.7 Å². The van der Waals surface area contributed by atoms with Crippen molar-refractivity contribution >= 4 is 44.8 Å². The summed E-state index contributed by atoms with van der Waals surface area (Å²) in [5.74, 6) is -1.40. The molecule has 1 fully saturated rings. The predicted molar refractivity (Wildman–Crippen MR) is 91.3 cm³/mol. The zero-order valence-electron chi connectivity index (χ0n) is 12.9. The van der Waals surface area contributed by atoms with Crippen molar-refractivity contribution in [2.24, 2.45) is 0 Å². The first kappa shape index (κ1) is 16.8. The summed E-state index contributed by atoms with van der Waals surface area (Å²) in [6.07, 6.45) is -0.0961. The molecule has 2 aromatic heterocycles. The monoisotopic (exact) mass is 368 g/mol. The van der Waals surface area contributed by atoms with E-state index in [2.05, 4.69) is 15.3 Å². The van der Waals surface area contributed by atoms with E-state index in [1.807, 2.05) is 17.2 Å². The number of morpholine rings is 1. The number of carbonyl (C=O) groups excluding carboxylic acids is 1. The number of hydrogen-bond acceptors (Lipinski definition) is 8. The van der Waals surface area contributed by atoms with E-state index < -0.39 is 5.97 Å². The first-order chi connectivity index (χ1) is 11.5. The van der Waals surface area contributed by atoms with Gasteiger partial charge >= 0.3 is 5.97 Å². The second-order valence-electron chi connectivity index (χ2n) is 5.20. The zero-order chi connectivity index (χ0) is 17.1. The van der Waals surface area contributed by atoms with Gasteiger partial charge in [0.15, 0.2) is 10.3 Å². The van der Waals surface area contributed by atoms with Crippen LogP contribution in [0.15, 0.2) is 5.38 Å². The molecule has 1 aliphatic heterocycles. The number of nitrogens with zero attached hydrogens (tertiary/aromatic N) is 3. The van der Waals surface area contributed by atoms with Crippen molar-refractivity contribution in [1.82, 2.24) is 9.97 Å². The standard InChI is InChI=1S/C14H16N4O4S2/c1-8-7-23-13(15-8)17-10(19)6-9-11(12(20)21)24-14(16-9)18-2-4-22-5-3-18/h7H,2-6H2,1H3,(H,20,21)(H,15,17,19).